The van der Waals surface area contributed by atoms with Gasteiger partial charge in [-0.15, -0.1) is 0 Å². The number of ketones is 1. The van der Waals surface area contributed by atoms with E-state index in [1.165, 1.54) is 0 Å². The van der Waals surface area contributed by atoms with Crippen LogP contribution < -0.4 is 0 Å². The Morgan fingerprint density at radius 3 is 2.50 bits per heavy atom. The smallest absolute Gasteiger partial charge is 0.401 e. The Bertz CT molecular complexity index is 476. The van der Waals surface area contributed by atoms with Gasteiger partial charge in [0, 0.05) is 6.54 Å². The first-order chi connectivity index (χ1) is 9.23. The van der Waals surface area contributed by atoms with E-state index < -0.39 is 48.8 Å². The second-order valence-electron chi connectivity index (χ2n) is 4.13. The summed E-state index contributed by atoms with van der Waals surface area (Å²) in [5.74, 6) is -2.15. The third-order valence-electron chi connectivity index (χ3n) is 2.45. The first kappa shape index (κ1) is 16.4. The van der Waals surface area contributed by atoms with Crippen LogP contribution in [0, 0.1) is 5.82 Å². The van der Waals surface area contributed by atoms with Crippen LogP contribution in [-0.4, -0.2) is 53.3 Å². The van der Waals surface area contributed by atoms with Gasteiger partial charge in [0.15, 0.2) is 5.78 Å². The van der Waals surface area contributed by atoms with E-state index in [4.69, 9.17) is 5.11 Å². The molecule has 0 saturated carbocycles. The molecule has 0 bridgehead atoms. The molecule has 0 atom stereocenters. The summed E-state index contributed by atoms with van der Waals surface area (Å²) in [6.07, 6.45) is -4.53. The normalized spacial score (nSPS) is 11.9. The molecule has 0 heterocycles. The minimum absolute atomic E-state index is 0.360. The predicted octanol–water partition coefficient (Wildman–Crippen LogP) is 1.57. The van der Waals surface area contributed by atoms with Crippen molar-refractivity contribution in [3.63, 3.8) is 0 Å². The molecular formula is C12H13F4NO3. The van der Waals surface area contributed by atoms with E-state index in [0.717, 1.165) is 18.2 Å². The van der Waals surface area contributed by atoms with E-state index in [0.29, 0.717) is 4.90 Å². The zero-order chi connectivity index (χ0) is 15.3. The molecule has 4 nitrogen and oxygen atoms in total. The van der Waals surface area contributed by atoms with Crippen molar-refractivity contribution >= 4 is 5.78 Å². The molecular weight excluding hydrogens is 282 g/mol. The summed E-state index contributed by atoms with van der Waals surface area (Å²) in [7, 11) is 0. The monoisotopic (exact) mass is 295 g/mol. The number of Topliss-reactive ketones (excluding diaryl/α,β-unsaturated/α-hetero) is 1. The number of phenolic OH excluding ortho intramolecular Hbond substituents is 1. The summed E-state index contributed by atoms with van der Waals surface area (Å²) < 4.78 is 49.8. The van der Waals surface area contributed by atoms with Gasteiger partial charge in [0.25, 0.3) is 0 Å². The number of hydrogen-bond donors (Lipinski definition) is 2. The van der Waals surface area contributed by atoms with Crippen molar-refractivity contribution in [2.45, 2.75) is 6.18 Å². The molecule has 0 amide bonds. The van der Waals surface area contributed by atoms with Crippen molar-refractivity contribution in [2.24, 2.45) is 0 Å². The molecule has 2 N–H and O–H groups in total. The number of aromatic hydroxyl groups is 1. The van der Waals surface area contributed by atoms with Crippen LogP contribution in [0.25, 0.3) is 0 Å². The van der Waals surface area contributed by atoms with Crippen molar-refractivity contribution in [3.8, 4) is 5.75 Å². The van der Waals surface area contributed by atoms with Crippen LogP contribution in [0.1, 0.15) is 10.4 Å². The number of phenols is 1. The van der Waals surface area contributed by atoms with Crippen LogP contribution in [0.2, 0.25) is 0 Å². The number of aliphatic hydroxyl groups is 1. The van der Waals surface area contributed by atoms with E-state index >= 15 is 0 Å². The maximum Gasteiger partial charge on any atom is 0.401 e. The molecule has 0 fully saturated rings. The SMILES string of the molecule is O=C(CN(CCO)CC(F)(F)F)c1cc(F)ccc1O. The lowest BCUT2D eigenvalue weighted by Crippen LogP contribution is -2.39. The van der Waals surface area contributed by atoms with E-state index in [1.54, 1.807) is 0 Å². The minimum Gasteiger partial charge on any atom is -0.507 e. The Hall–Kier alpha value is -1.67. The van der Waals surface area contributed by atoms with Crippen molar-refractivity contribution in [1.82, 2.24) is 4.90 Å². The van der Waals surface area contributed by atoms with Crippen LogP contribution >= 0.6 is 0 Å². The van der Waals surface area contributed by atoms with Gasteiger partial charge in [0.1, 0.15) is 11.6 Å². The molecule has 0 aliphatic carbocycles. The van der Waals surface area contributed by atoms with Crippen LogP contribution in [0.3, 0.4) is 0 Å². The lowest BCUT2D eigenvalue weighted by molar-refractivity contribution is -0.145. The van der Waals surface area contributed by atoms with Crippen molar-refractivity contribution < 1.29 is 32.6 Å². The molecule has 0 aromatic heterocycles. The lowest BCUT2D eigenvalue weighted by atomic mass is 10.1. The van der Waals surface area contributed by atoms with Crippen LogP contribution in [0.15, 0.2) is 18.2 Å². The first-order valence-electron chi connectivity index (χ1n) is 5.64. The standard InChI is InChI=1S/C12H13F4NO3/c13-8-1-2-10(19)9(5-8)11(20)6-17(3-4-18)7-12(14,15)16/h1-2,5,18-19H,3-4,6-7H2. The summed E-state index contributed by atoms with van der Waals surface area (Å²) in [5, 5.41) is 18.1. The maximum atomic E-state index is 13.0. The number of carbonyl (C=O) groups excluding carboxylic acids is 1. The molecule has 20 heavy (non-hydrogen) atoms. The number of alkyl halides is 3. The molecule has 1 aromatic carbocycles. The molecule has 0 spiro atoms. The van der Waals surface area contributed by atoms with Crippen LogP contribution in [-0.2, 0) is 0 Å². The van der Waals surface area contributed by atoms with Gasteiger partial charge in [-0.2, -0.15) is 13.2 Å². The van der Waals surface area contributed by atoms with Gasteiger partial charge in [0.2, 0.25) is 0 Å². The molecule has 1 rings (SSSR count). The van der Waals surface area contributed by atoms with E-state index in [-0.39, 0.29) is 6.54 Å². The molecule has 112 valence electrons. The highest BCUT2D eigenvalue weighted by molar-refractivity contribution is 6.00. The van der Waals surface area contributed by atoms with Gasteiger partial charge >= 0.3 is 6.18 Å². The molecule has 0 radical (unpaired) electrons. The largest absolute Gasteiger partial charge is 0.507 e. The van der Waals surface area contributed by atoms with Gasteiger partial charge in [-0.1, -0.05) is 0 Å². The quantitative estimate of drug-likeness (QED) is 0.618. The van der Waals surface area contributed by atoms with Crippen molar-refractivity contribution in [1.29, 1.82) is 0 Å². The topological polar surface area (TPSA) is 60.8 Å². The molecule has 0 aliphatic heterocycles. The fourth-order valence-electron chi connectivity index (χ4n) is 1.63. The van der Waals surface area contributed by atoms with Gasteiger partial charge in [0.05, 0.1) is 25.3 Å². The summed E-state index contributed by atoms with van der Waals surface area (Å²) in [6.45, 7) is -2.98. The number of nitrogens with zero attached hydrogens (tertiary/aromatic N) is 1. The van der Waals surface area contributed by atoms with E-state index in [2.05, 4.69) is 0 Å². The van der Waals surface area contributed by atoms with Crippen LogP contribution in [0.4, 0.5) is 17.6 Å². The summed E-state index contributed by atoms with van der Waals surface area (Å²) >= 11 is 0. The summed E-state index contributed by atoms with van der Waals surface area (Å²) in [6, 6.07) is 2.62. The molecule has 1 aromatic rings. The van der Waals surface area contributed by atoms with Gasteiger partial charge in [-0.25, -0.2) is 4.39 Å². The summed E-state index contributed by atoms with van der Waals surface area (Å²) in [5.41, 5.74) is -0.393. The Balaban J connectivity index is 2.82. The summed E-state index contributed by atoms with van der Waals surface area (Å²) in [4.78, 5) is 12.4. The number of benzene rings is 1. The molecule has 0 aliphatic rings. The van der Waals surface area contributed by atoms with Gasteiger partial charge in [-0.3, -0.25) is 9.69 Å². The van der Waals surface area contributed by atoms with Crippen molar-refractivity contribution in [2.75, 3.05) is 26.2 Å². The number of halogens is 4. The Labute approximate surface area is 112 Å². The average Bonchev–Trinajstić information content (AvgIpc) is 2.30. The second-order valence-corrected chi connectivity index (χ2v) is 4.13. The molecule has 0 saturated heterocycles. The number of hydrogen-bond acceptors (Lipinski definition) is 4. The highest BCUT2D eigenvalue weighted by Crippen LogP contribution is 2.20. The number of aliphatic hydroxyl groups excluding tert-OH is 1. The zero-order valence-electron chi connectivity index (χ0n) is 10.3. The van der Waals surface area contributed by atoms with Crippen molar-refractivity contribution in [3.05, 3.63) is 29.6 Å². The second kappa shape index (κ2) is 6.67. The molecule has 8 heteroatoms. The third-order valence-corrected chi connectivity index (χ3v) is 2.45. The Kier molecular flexibility index (Phi) is 5.46. The first-order valence-corrected chi connectivity index (χ1v) is 5.64. The minimum atomic E-state index is -4.53. The molecule has 0 unspecified atom stereocenters. The third kappa shape index (κ3) is 5.14. The van der Waals surface area contributed by atoms with E-state index in [9.17, 15) is 27.5 Å². The van der Waals surface area contributed by atoms with Crippen LogP contribution in [0.5, 0.6) is 5.75 Å². The Morgan fingerprint density at radius 2 is 1.95 bits per heavy atom. The highest BCUT2D eigenvalue weighted by Gasteiger charge is 2.31. The van der Waals surface area contributed by atoms with E-state index in [1.807, 2.05) is 0 Å². The Morgan fingerprint density at radius 1 is 1.30 bits per heavy atom. The fraction of sp³-hybridized carbons (Fsp3) is 0.417. The number of carbonyl (C=O) groups is 1. The van der Waals surface area contributed by atoms with Gasteiger partial charge in [-0.05, 0) is 18.2 Å². The fourth-order valence-corrected chi connectivity index (χ4v) is 1.63. The zero-order valence-corrected chi connectivity index (χ0v) is 10.3. The number of rotatable bonds is 6. The maximum absolute atomic E-state index is 13.0. The predicted molar refractivity (Wildman–Crippen MR) is 62.0 cm³/mol. The highest BCUT2D eigenvalue weighted by atomic mass is 19.4. The lowest BCUT2D eigenvalue weighted by Gasteiger charge is -2.22. The average molecular weight is 295 g/mol. The van der Waals surface area contributed by atoms with Gasteiger partial charge < -0.3 is 10.2 Å².